The highest BCUT2D eigenvalue weighted by Gasteiger charge is 2.45. The van der Waals surface area contributed by atoms with Crippen molar-refractivity contribution >= 4 is 5.97 Å². The van der Waals surface area contributed by atoms with Crippen LogP contribution in [0, 0.1) is 0 Å². The van der Waals surface area contributed by atoms with Gasteiger partial charge in [-0.1, -0.05) is 13.3 Å². The van der Waals surface area contributed by atoms with Gasteiger partial charge in [-0.3, -0.25) is 4.79 Å². The Morgan fingerprint density at radius 1 is 1.65 bits per heavy atom. The number of hydrogen-bond acceptors (Lipinski definition) is 3. The molecule has 0 radical (unpaired) electrons. The van der Waals surface area contributed by atoms with Crippen molar-refractivity contribution in [1.82, 2.24) is 10.2 Å². The maximum Gasteiger partial charge on any atom is 0.323 e. The topological polar surface area (TPSA) is 52.6 Å². The van der Waals surface area contributed by atoms with Gasteiger partial charge in [0.1, 0.15) is 5.54 Å². The third kappa shape index (κ3) is 2.99. The first-order chi connectivity index (χ1) is 7.96. The predicted octanol–water partition coefficient (Wildman–Crippen LogP) is 1.70. The van der Waals surface area contributed by atoms with E-state index >= 15 is 0 Å². The molecule has 1 rings (SSSR count). The number of carboxylic acids is 1. The quantitative estimate of drug-likeness (QED) is 0.744. The van der Waals surface area contributed by atoms with Crippen LogP contribution in [0.4, 0.5) is 0 Å². The summed E-state index contributed by atoms with van der Waals surface area (Å²) < 4.78 is 0. The largest absolute Gasteiger partial charge is 0.480 e. The fourth-order valence-electron chi connectivity index (χ4n) is 2.88. The number of nitrogens with one attached hydrogen (secondary N) is 1. The molecule has 2 N–H and O–H groups in total. The number of carboxylic acid groups (broad SMARTS) is 1. The Hall–Kier alpha value is -0.610. The predicted molar refractivity (Wildman–Crippen MR) is 69.2 cm³/mol. The highest BCUT2D eigenvalue weighted by molar-refractivity contribution is 5.79. The van der Waals surface area contributed by atoms with E-state index in [1.807, 2.05) is 0 Å². The van der Waals surface area contributed by atoms with Crippen LogP contribution in [0.5, 0.6) is 0 Å². The maximum atomic E-state index is 11.3. The van der Waals surface area contributed by atoms with Crippen molar-refractivity contribution in [3.8, 4) is 0 Å². The van der Waals surface area contributed by atoms with Gasteiger partial charge in [-0.2, -0.15) is 0 Å². The minimum atomic E-state index is -0.709. The van der Waals surface area contributed by atoms with Crippen molar-refractivity contribution in [3.05, 3.63) is 0 Å². The van der Waals surface area contributed by atoms with E-state index in [0.717, 1.165) is 12.8 Å². The third-order valence-electron chi connectivity index (χ3n) is 4.35. The molecule has 0 aromatic rings. The van der Waals surface area contributed by atoms with E-state index < -0.39 is 11.5 Å². The summed E-state index contributed by atoms with van der Waals surface area (Å²) in [5.74, 6) is -0.709. The van der Waals surface area contributed by atoms with E-state index in [1.54, 1.807) is 7.05 Å². The Labute approximate surface area is 104 Å². The second-order valence-electron chi connectivity index (χ2n) is 5.34. The zero-order chi connectivity index (χ0) is 13.1. The number of rotatable bonds is 6. The zero-order valence-corrected chi connectivity index (χ0v) is 11.5. The molecule has 4 heteroatoms. The lowest BCUT2D eigenvalue weighted by Crippen LogP contribution is -2.50. The molecule has 0 aromatic carbocycles. The zero-order valence-electron chi connectivity index (χ0n) is 11.5. The molecular formula is C13H26N2O2. The maximum absolute atomic E-state index is 11.3. The smallest absolute Gasteiger partial charge is 0.323 e. The van der Waals surface area contributed by atoms with Crippen LogP contribution in [0.1, 0.15) is 46.0 Å². The lowest BCUT2D eigenvalue weighted by molar-refractivity contribution is -0.144. The highest BCUT2D eigenvalue weighted by Crippen LogP contribution is 2.33. The van der Waals surface area contributed by atoms with E-state index in [9.17, 15) is 9.90 Å². The minimum Gasteiger partial charge on any atom is -0.480 e. The summed E-state index contributed by atoms with van der Waals surface area (Å²) in [6, 6.07) is 0.923. The summed E-state index contributed by atoms with van der Waals surface area (Å²) in [6.45, 7) is 4.41. The van der Waals surface area contributed by atoms with Gasteiger partial charge in [0, 0.05) is 12.1 Å². The van der Waals surface area contributed by atoms with Crippen LogP contribution in [0.15, 0.2) is 0 Å². The van der Waals surface area contributed by atoms with Crippen LogP contribution in [-0.4, -0.2) is 47.7 Å². The Kier molecular flexibility index (Phi) is 4.95. The average Bonchev–Trinajstić information content (AvgIpc) is 2.74. The SMILES string of the molecule is CCCC(C)N(C)C1CCC(NC)(C(=O)O)C1. The van der Waals surface area contributed by atoms with Crippen molar-refractivity contribution in [1.29, 1.82) is 0 Å². The third-order valence-corrected chi connectivity index (χ3v) is 4.35. The number of hydrogen-bond donors (Lipinski definition) is 2. The van der Waals surface area contributed by atoms with Crippen LogP contribution < -0.4 is 5.32 Å². The molecule has 0 amide bonds. The van der Waals surface area contributed by atoms with E-state index in [1.165, 1.54) is 12.8 Å². The van der Waals surface area contributed by atoms with Gasteiger partial charge >= 0.3 is 5.97 Å². The first-order valence-corrected chi connectivity index (χ1v) is 6.61. The van der Waals surface area contributed by atoms with Gasteiger partial charge in [0.2, 0.25) is 0 Å². The molecule has 0 bridgehead atoms. The second kappa shape index (κ2) is 5.83. The molecule has 0 spiro atoms. The molecule has 17 heavy (non-hydrogen) atoms. The molecule has 0 aromatic heterocycles. The van der Waals surface area contributed by atoms with Gasteiger partial charge < -0.3 is 15.3 Å². The van der Waals surface area contributed by atoms with Gasteiger partial charge in [0.25, 0.3) is 0 Å². The average molecular weight is 242 g/mol. The van der Waals surface area contributed by atoms with Crippen LogP contribution in [0.2, 0.25) is 0 Å². The van der Waals surface area contributed by atoms with Gasteiger partial charge in [0.15, 0.2) is 0 Å². The normalized spacial score (nSPS) is 30.8. The number of likely N-dealkylation sites (N-methyl/N-ethyl adjacent to an activating group) is 1. The molecule has 3 atom stereocenters. The summed E-state index contributed by atoms with van der Waals surface area (Å²) in [5.41, 5.74) is -0.704. The Morgan fingerprint density at radius 2 is 2.29 bits per heavy atom. The number of nitrogens with zero attached hydrogens (tertiary/aromatic N) is 1. The van der Waals surface area contributed by atoms with Gasteiger partial charge in [-0.05, 0) is 46.7 Å². The van der Waals surface area contributed by atoms with Crippen LogP contribution in [-0.2, 0) is 4.79 Å². The molecular weight excluding hydrogens is 216 g/mol. The molecule has 1 fully saturated rings. The van der Waals surface area contributed by atoms with Crippen molar-refractivity contribution in [2.45, 2.75) is 63.6 Å². The molecule has 0 aliphatic heterocycles. The summed E-state index contributed by atoms with van der Waals surface area (Å²) >= 11 is 0. The van der Waals surface area contributed by atoms with E-state index in [0.29, 0.717) is 18.5 Å². The molecule has 3 unspecified atom stereocenters. The van der Waals surface area contributed by atoms with Crippen molar-refractivity contribution in [2.24, 2.45) is 0 Å². The van der Waals surface area contributed by atoms with Gasteiger partial charge in [0.05, 0.1) is 0 Å². The number of carbonyl (C=O) groups is 1. The lowest BCUT2D eigenvalue weighted by atomic mass is 9.97. The first kappa shape index (κ1) is 14.5. The minimum absolute atomic E-state index is 0.389. The molecule has 100 valence electrons. The molecule has 1 saturated carbocycles. The fourth-order valence-corrected chi connectivity index (χ4v) is 2.88. The second-order valence-corrected chi connectivity index (χ2v) is 5.34. The summed E-state index contributed by atoms with van der Waals surface area (Å²) in [6.07, 6.45) is 4.76. The molecule has 1 aliphatic rings. The standard InChI is InChI=1S/C13H26N2O2/c1-5-6-10(2)15(4)11-7-8-13(9-11,14-3)12(16)17/h10-11,14H,5-9H2,1-4H3,(H,16,17). The highest BCUT2D eigenvalue weighted by atomic mass is 16.4. The first-order valence-electron chi connectivity index (χ1n) is 6.61. The molecule has 0 heterocycles. The van der Waals surface area contributed by atoms with Crippen LogP contribution in [0.25, 0.3) is 0 Å². The Balaban J connectivity index is 2.63. The summed E-state index contributed by atoms with van der Waals surface area (Å²) in [7, 11) is 3.88. The van der Waals surface area contributed by atoms with Crippen molar-refractivity contribution in [2.75, 3.05) is 14.1 Å². The summed E-state index contributed by atoms with van der Waals surface area (Å²) in [5, 5.41) is 12.3. The molecule has 0 saturated heterocycles. The Bertz CT molecular complexity index is 270. The van der Waals surface area contributed by atoms with Gasteiger partial charge in [-0.25, -0.2) is 0 Å². The van der Waals surface area contributed by atoms with Crippen LogP contribution >= 0.6 is 0 Å². The molecule has 1 aliphatic carbocycles. The van der Waals surface area contributed by atoms with Gasteiger partial charge in [-0.15, -0.1) is 0 Å². The monoisotopic (exact) mass is 242 g/mol. The van der Waals surface area contributed by atoms with Crippen LogP contribution in [0.3, 0.4) is 0 Å². The van der Waals surface area contributed by atoms with E-state index in [-0.39, 0.29) is 0 Å². The number of aliphatic carboxylic acids is 1. The fraction of sp³-hybridized carbons (Fsp3) is 0.923. The Morgan fingerprint density at radius 3 is 2.71 bits per heavy atom. The van der Waals surface area contributed by atoms with E-state index in [4.69, 9.17) is 0 Å². The summed E-state index contributed by atoms with van der Waals surface area (Å²) in [4.78, 5) is 13.7. The van der Waals surface area contributed by atoms with E-state index in [2.05, 4.69) is 31.1 Å². The van der Waals surface area contributed by atoms with Crippen molar-refractivity contribution in [3.63, 3.8) is 0 Å². The van der Waals surface area contributed by atoms with Crippen molar-refractivity contribution < 1.29 is 9.90 Å². The lowest BCUT2D eigenvalue weighted by Gasteiger charge is -2.32. The molecule has 4 nitrogen and oxygen atoms in total.